The maximum Gasteiger partial charge on any atom is 0.236 e. The molecule has 0 spiro atoms. The molecule has 0 aliphatic heterocycles. The molecular formula is C10H14ClN3O. The van der Waals surface area contributed by atoms with Crippen LogP contribution in [0.1, 0.15) is 13.8 Å². The minimum atomic E-state index is -0.364. The Hall–Kier alpha value is -1.29. The van der Waals surface area contributed by atoms with E-state index in [-0.39, 0.29) is 18.5 Å². The number of carbonyl (C=O) groups is 1. The Bertz CT molecular complexity index is 354. The average Bonchev–Trinajstić information content (AvgIpc) is 2.13. The van der Waals surface area contributed by atoms with Crippen molar-refractivity contribution < 1.29 is 4.79 Å². The van der Waals surface area contributed by atoms with Gasteiger partial charge >= 0.3 is 0 Å². The summed E-state index contributed by atoms with van der Waals surface area (Å²) < 4.78 is 0. The summed E-state index contributed by atoms with van der Waals surface area (Å²) in [7, 11) is 0. The van der Waals surface area contributed by atoms with E-state index in [0.717, 1.165) is 5.69 Å². The van der Waals surface area contributed by atoms with Crippen molar-refractivity contribution in [3.8, 4) is 0 Å². The van der Waals surface area contributed by atoms with Crippen molar-refractivity contribution in [1.82, 2.24) is 4.98 Å². The van der Waals surface area contributed by atoms with Crippen LogP contribution in [0.15, 0.2) is 18.3 Å². The number of nitrogens with zero attached hydrogens (tertiary/aromatic N) is 2. The summed E-state index contributed by atoms with van der Waals surface area (Å²) in [6.07, 6.45) is 1.61. The van der Waals surface area contributed by atoms with Crippen molar-refractivity contribution in [2.45, 2.75) is 19.9 Å². The number of nitrogens with two attached hydrogens (primary N) is 1. The summed E-state index contributed by atoms with van der Waals surface area (Å²) in [6, 6.07) is 3.69. The van der Waals surface area contributed by atoms with Gasteiger partial charge in [0.25, 0.3) is 0 Å². The molecule has 1 amide bonds. The van der Waals surface area contributed by atoms with Crippen molar-refractivity contribution in [1.29, 1.82) is 0 Å². The van der Waals surface area contributed by atoms with Crippen LogP contribution in [0.5, 0.6) is 0 Å². The molecule has 0 bridgehead atoms. The first-order chi connectivity index (χ1) is 7.00. The number of halogens is 1. The number of anilines is 1. The molecule has 0 aliphatic carbocycles. The summed E-state index contributed by atoms with van der Waals surface area (Å²) in [5.74, 6) is -0.364. The standard InChI is InChI=1S/C10H14ClN3O/c1-7(2)14(6-10(12)15)8-3-4-13-9(11)5-8/h3-5,7H,6H2,1-2H3,(H2,12,15). The quantitative estimate of drug-likeness (QED) is 0.792. The first-order valence-electron chi connectivity index (χ1n) is 4.67. The lowest BCUT2D eigenvalue weighted by atomic mass is 10.2. The Labute approximate surface area is 94.0 Å². The summed E-state index contributed by atoms with van der Waals surface area (Å²) in [6.45, 7) is 4.15. The summed E-state index contributed by atoms with van der Waals surface area (Å²) in [5.41, 5.74) is 6.03. The van der Waals surface area contributed by atoms with E-state index in [1.807, 2.05) is 18.7 Å². The summed E-state index contributed by atoms with van der Waals surface area (Å²) in [4.78, 5) is 16.7. The van der Waals surface area contributed by atoms with E-state index in [4.69, 9.17) is 17.3 Å². The Kier molecular flexibility index (Phi) is 3.91. The Morgan fingerprint density at radius 2 is 2.33 bits per heavy atom. The largest absolute Gasteiger partial charge is 0.368 e. The van der Waals surface area contributed by atoms with Gasteiger partial charge in [0.1, 0.15) is 5.15 Å². The molecule has 0 unspecified atom stereocenters. The second kappa shape index (κ2) is 4.98. The lowest BCUT2D eigenvalue weighted by Gasteiger charge is -2.27. The zero-order valence-electron chi connectivity index (χ0n) is 8.77. The molecule has 1 heterocycles. The number of carbonyl (C=O) groups excluding carboxylic acids is 1. The zero-order chi connectivity index (χ0) is 11.4. The number of pyridine rings is 1. The topological polar surface area (TPSA) is 59.2 Å². The van der Waals surface area contributed by atoms with E-state index in [1.54, 1.807) is 18.3 Å². The van der Waals surface area contributed by atoms with Crippen molar-refractivity contribution in [3.63, 3.8) is 0 Å². The number of hydrogen-bond donors (Lipinski definition) is 1. The molecule has 0 saturated heterocycles. The van der Waals surface area contributed by atoms with E-state index in [2.05, 4.69) is 4.98 Å². The normalized spacial score (nSPS) is 10.4. The third-order valence-corrected chi connectivity index (χ3v) is 2.20. The molecule has 0 saturated carbocycles. The molecule has 15 heavy (non-hydrogen) atoms. The van der Waals surface area contributed by atoms with Gasteiger partial charge in [-0.1, -0.05) is 11.6 Å². The van der Waals surface area contributed by atoms with Crippen LogP contribution in [-0.2, 0) is 4.79 Å². The maximum atomic E-state index is 10.9. The molecule has 0 atom stereocenters. The molecule has 2 N–H and O–H groups in total. The molecule has 82 valence electrons. The van der Waals surface area contributed by atoms with Crippen molar-refractivity contribution >= 4 is 23.2 Å². The summed E-state index contributed by atoms with van der Waals surface area (Å²) in [5, 5.41) is 0.405. The van der Waals surface area contributed by atoms with Crippen LogP contribution in [0.3, 0.4) is 0 Å². The first-order valence-corrected chi connectivity index (χ1v) is 5.05. The van der Waals surface area contributed by atoms with Crippen molar-refractivity contribution in [3.05, 3.63) is 23.5 Å². The Balaban J connectivity index is 2.93. The van der Waals surface area contributed by atoms with Gasteiger partial charge in [-0.2, -0.15) is 0 Å². The lowest BCUT2D eigenvalue weighted by molar-refractivity contribution is -0.116. The molecule has 5 heteroatoms. The van der Waals surface area contributed by atoms with Gasteiger partial charge in [0.15, 0.2) is 0 Å². The van der Waals surface area contributed by atoms with Gasteiger partial charge in [-0.15, -0.1) is 0 Å². The average molecular weight is 228 g/mol. The zero-order valence-corrected chi connectivity index (χ0v) is 9.53. The third kappa shape index (κ3) is 3.40. The monoisotopic (exact) mass is 227 g/mol. The number of rotatable bonds is 4. The number of aromatic nitrogens is 1. The van der Waals surface area contributed by atoms with Gasteiger partial charge in [-0.05, 0) is 26.0 Å². The van der Waals surface area contributed by atoms with E-state index in [1.165, 1.54) is 0 Å². The number of primary amides is 1. The molecular weight excluding hydrogens is 214 g/mol. The highest BCUT2D eigenvalue weighted by Crippen LogP contribution is 2.19. The van der Waals surface area contributed by atoms with Crippen molar-refractivity contribution in [2.24, 2.45) is 5.73 Å². The smallest absolute Gasteiger partial charge is 0.236 e. The highest BCUT2D eigenvalue weighted by Gasteiger charge is 2.13. The second-order valence-electron chi connectivity index (χ2n) is 3.52. The van der Waals surface area contributed by atoms with Gasteiger partial charge in [0.05, 0.1) is 6.54 Å². The molecule has 0 radical (unpaired) electrons. The van der Waals surface area contributed by atoms with Crippen LogP contribution in [0.25, 0.3) is 0 Å². The van der Waals surface area contributed by atoms with Crippen LogP contribution in [0.4, 0.5) is 5.69 Å². The highest BCUT2D eigenvalue weighted by atomic mass is 35.5. The number of hydrogen-bond acceptors (Lipinski definition) is 3. The molecule has 1 rings (SSSR count). The van der Waals surface area contributed by atoms with Crippen LogP contribution < -0.4 is 10.6 Å². The maximum absolute atomic E-state index is 10.9. The summed E-state index contributed by atoms with van der Waals surface area (Å²) >= 11 is 5.78. The van der Waals surface area contributed by atoms with Gasteiger partial charge in [-0.3, -0.25) is 4.79 Å². The van der Waals surface area contributed by atoms with Crippen LogP contribution in [-0.4, -0.2) is 23.5 Å². The van der Waals surface area contributed by atoms with E-state index >= 15 is 0 Å². The van der Waals surface area contributed by atoms with Crippen molar-refractivity contribution in [2.75, 3.05) is 11.4 Å². The van der Waals surface area contributed by atoms with Gasteiger partial charge in [0, 0.05) is 17.9 Å². The first kappa shape index (κ1) is 11.8. The second-order valence-corrected chi connectivity index (χ2v) is 3.91. The fourth-order valence-corrected chi connectivity index (χ4v) is 1.48. The molecule has 1 aromatic heterocycles. The predicted octanol–water partition coefficient (Wildman–Crippen LogP) is 1.44. The predicted molar refractivity (Wildman–Crippen MR) is 60.9 cm³/mol. The SMILES string of the molecule is CC(C)N(CC(N)=O)c1ccnc(Cl)c1. The lowest BCUT2D eigenvalue weighted by Crippen LogP contribution is -2.38. The Morgan fingerprint density at radius 3 is 2.80 bits per heavy atom. The molecule has 0 aliphatic rings. The number of amides is 1. The highest BCUT2D eigenvalue weighted by molar-refractivity contribution is 6.29. The van der Waals surface area contributed by atoms with Crippen LogP contribution in [0, 0.1) is 0 Å². The molecule has 1 aromatic rings. The molecule has 0 aromatic carbocycles. The molecule has 4 nitrogen and oxygen atoms in total. The Morgan fingerprint density at radius 1 is 1.67 bits per heavy atom. The van der Waals surface area contributed by atoms with E-state index in [0.29, 0.717) is 5.15 Å². The minimum Gasteiger partial charge on any atom is -0.368 e. The van der Waals surface area contributed by atoms with Gasteiger partial charge in [-0.25, -0.2) is 4.98 Å². The molecule has 0 fully saturated rings. The van der Waals surface area contributed by atoms with E-state index in [9.17, 15) is 4.79 Å². The third-order valence-electron chi connectivity index (χ3n) is 1.99. The van der Waals surface area contributed by atoms with Crippen LogP contribution in [0.2, 0.25) is 5.15 Å². The van der Waals surface area contributed by atoms with E-state index < -0.39 is 0 Å². The van der Waals surface area contributed by atoms with Gasteiger partial charge < -0.3 is 10.6 Å². The fraction of sp³-hybridized carbons (Fsp3) is 0.400. The van der Waals surface area contributed by atoms with Gasteiger partial charge in [0.2, 0.25) is 5.91 Å². The fourth-order valence-electron chi connectivity index (χ4n) is 1.31. The van der Waals surface area contributed by atoms with Crippen LogP contribution >= 0.6 is 11.6 Å². The minimum absolute atomic E-state index is 0.177.